The minimum atomic E-state index is -1.44. The lowest BCUT2D eigenvalue weighted by molar-refractivity contribution is -0.138. The quantitative estimate of drug-likeness (QED) is 0.186. The van der Waals surface area contributed by atoms with Gasteiger partial charge in [0.15, 0.2) is 0 Å². The van der Waals surface area contributed by atoms with Crippen molar-refractivity contribution in [3.63, 3.8) is 0 Å². The van der Waals surface area contributed by atoms with Gasteiger partial charge in [0.25, 0.3) is 11.8 Å². The molecule has 8 nitrogen and oxygen atoms in total. The predicted molar refractivity (Wildman–Crippen MR) is 181 cm³/mol. The Morgan fingerprint density at radius 1 is 0.792 bits per heavy atom. The Morgan fingerprint density at radius 2 is 1.48 bits per heavy atom. The Morgan fingerprint density at radius 3 is 2.19 bits per heavy atom. The molecule has 48 heavy (non-hydrogen) atoms. The van der Waals surface area contributed by atoms with Crippen LogP contribution in [-0.4, -0.2) is 33.7 Å². The van der Waals surface area contributed by atoms with Crippen LogP contribution in [0.25, 0.3) is 0 Å². The number of hydrazine groups is 1. The molecule has 2 aliphatic heterocycles. The SMILES string of the molecule is Cc1ccc(NN2C(=O)C3CC4C(=CCC5C(=O)N(c6ccc(Cl)cc6)C(=O)C54)C(c4ccccc4O)C3(c3ccccc3)C2=O)cc1. The van der Waals surface area contributed by atoms with Crippen LogP contribution in [0.1, 0.15) is 35.4 Å². The molecule has 2 N–H and O–H groups in total. The van der Waals surface area contributed by atoms with Crippen LogP contribution >= 0.6 is 11.6 Å². The lowest BCUT2D eigenvalue weighted by atomic mass is 9.49. The highest BCUT2D eigenvalue weighted by Crippen LogP contribution is 2.64. The van der Waals surface area contributed by atoms with E-state index in [4.69, 9.17) is 11.6 Å². The highest BCUT2D eigenvalue weighted by molar-refractivity contribution is 6.31. The third-order valence-corrected chi connectivity index (χ3v) is 11.0. The fourth-order valence-corrected chi connectivity index (χ4v) is 8.79. The Bertz CT molecular complexity index is 2010. The predicted octanol–water partition coefficient (Wildman–Crippen LogP) is 6.54. The third kappa shape index (κ3) is 4.28. The molecule has 9 heteroatoms. The van der Waals surface area contributed by atoms with Crippen molar-refractivity contribution in [1.29, 1.82) is 0 Å². The van der Waals surface area contributed by atoms with Crippen LogP contribution in [0.4, 0.5) is 11.4 Å². The summed E-state index contributed by atoms with van der Waals surface area (Å²) in [5.41, 5.74) is 5.63. The number of halogens is 1. The minimum Gasteiger partial charge on any atom is -0.508 e. The van der Waals surface area contributed by atoms with Gasteiger partial charge < -0.3 is 5.11 Å². The number of anilines is 2. The van der Waals surface area contributed by atoms with E-state index in [2.05, 4.69) is 5.43 Å². The van der Waals surface area contributed by atoms with Gasteiger partial charge in [-0.1, -0.05) is 89.5 Å². The maximum Gasteiger partial charge on any atom is 0.260 e. The van der Waals surface area contributed by atoms with E-state index in [1.54, 1.807) is 48.5 Å². The number of phenols is 1. The van der Waals surface area contributed by atoms with E-state index in [1.165, 1.54) is 4.90 Å². The number of nitrogens with zero attached hydrogens (tertiary/aromatic N) is 2. The summed E-state index contributed by atoms with van der Waals surface area (Å²) in [5.74, 6) is -5.07. The van der Waals surface area contributed by atoms with E-state index in [0.717, 1.165) is 16.1 Å². The van der Waals surface area contributed by atoms with Crippen LogP contribution < -0.4 is 10.3 Å². The number of benzene rings is 4. The van der Waals surface area contributed by atoms with Crippen LogP contribution in [0.15, 0.2) is 115 Å². The van der Waals surface area contributed by atoms with Gasteiger partial charge in [-0.3, -0.25) is 29.5 Å². The van der Waals surface area contributed by atoms with E-state index in [9.17, 15) is 19.5 Å². The number of hydrogen-bond donors (Lipinski definition) is 2. The van der Waals surface area contributed by atoms with Gasteiger partial charge in [-0.2, -0.15) is 5.01 Å². The average molecular weight is 658 g/mol. The Hall–Kier alpha value is -5.21. The summed E-state index contributed by atoms with van der Waals surface area (Å²) in [6.07, 6.45) is 2.45. The molecular weight excluding hydrogens is 626 g/mol. The molecule has 4 aliphatic rings. The Labute approximate surface area is 282 Å². The van der Waals surface area contributed by atoms with Crippen LogP contribution in [0.2, 0.25) is 5.02 Å². The first-order chi connectivity index (χ1) is 23.2. The van der Waals surface area contributed by atoms with Crippen molar-refractivity contribution in [3.05, 3.63) is 136 Å². The lowest BCUT2D eigenvalue weighted by Crippen LogP contribution is -2.53. The smallest absolute Gasteiger partial charge is 0.260 e. The molecule has 1 saturated carbocycles. The molecule has 2 saturated heterocycles. The number of amides is 4. The summed E-state index contributed by atoms with van der Waals surface area (Å²) < 4.78 is 0. The largest absolute Gasteiger partial charge is 0.508 e. The molecule has 3 fully saturated rings. The summed E-state index contributed by atoms with van der Waals surface area (Å²) >= 11 is 6.12. The third-order valence-electron chi connectivity index (χ3n) is 10.7. The van der Waals surface area contributed by atoms with Gasteiger partial charge in [-0.25, -0.2) is 0 Å². The van der Waals surface area contributed by atoms with Crippen LogP contribution in [-0.2, 0) is 24.6 Å². The van der Waals surface area contributed by atoms with E-state index >= 15 is 4.79 Å². The lowest BCUT2D eigenvalue weighted by Gasteiger charge is -2.50. The maximum absolute atomic E-state index is 15.1. The van der Waals surface area contributed by atoms with E-state index in [-0.39, 0.29) is 30.4 Å². The second kappa shape index (κ2) is 11.2. The molecule has 4 amide bonds. The molecule has 6 unspecified atom stereocenters. The topological polar surface area (TPSA) is 107 Å². The summed E-state index contributed by atoms with van der Waals surface area (Å²) in [6.45, 7) is 1.96. The number of hydrogen-bond acceptors (Lipinski definition) is 6. The van der Waals surface area contributed by atoms with Gasteiger partial charge in [-0.05, 0) is 73.7 Å². The summed E-state index contributed by atoms with van der Waals surface area (Å²) in [7, 11) is 0. The van der Waals surface area contributed by atoms with Gasteiger partial charge in [0.2, 0.25) is 11.8 Å². The zero-order valence-corrected chi connectivity index (χ0v) is 26.8. The van der Waals surface area contributed by atoms with Gasteiger partial charge in [0.1, 0.15) is 5.75 Å². The van der Waals surface area contributed by atoms with Crippen molar-refractivity contribution >= 4 is 46.6 Å². The average Bonchev–Trinajstić information content (AvgIpc) is 3.48. The number of aromatic hydroxyl groups is 1. The van der Waals surface area contributed by atoms with E-state index in [0.29, 0.717) is 27.5 Å². The van der Waals surface area contributed by atoms with Crippen molar-refractivity contribution in [2.24, 2.45) is 23.7 Å². The number of carbonyl (C=O) groups excluding carboxylic acids is 4. The highest BCUT2D eigenvalue weighted by atomic mass is 35.5. The molecule has 240 valence electrons. The molecule has 2 aliphatic carbocycles. The highest BCUT2D eigenvalue weighted by Gasteiger charge is 2.70. The summed E-state index contributed by atoms with van der Waals surface area (Å²) in [4.78, 5) is 59.3. The molecule has 8 rings (SSSR count). The first-order valence-electron chi connectivity index (χ1n) is 16.1. The number of allylic oxidation sites excluding steroid dienone is 2. The fourth-order valence-electron chi connectivity index (χ4n) is 8.67. The van der Waals surface area contributed by atoms with Crippen LogP contribution in [0.3, 0.4) is 0 Å². The Balaban J connectivity index is 1.31. The second-order valence-corrected chi connectivity index (χ2v) is 13.6. The second-order valence-electron chi connectivity index (χ2n) is 13.1. The van der Waals surface area contributed by atoms with Crippen molar-refractivity contribution in [1.82, 2.24) is 5.01 Å². The van der Waals surface area contributed by atoms with Gasteiger partial charge in [-0.15, -0.1) is 0 Å². The Kier molecular flexibility index (Phi) is 7.03. The number of phenolic OH excluding ortho intramolecular Hbond substituents is 1. The molecule has 0 spiro atoms. The standard InChI is InChI=1S/C39H32ClN3O5/c1-22-11-15-25(16-12-22)41-43-36(46)31-21-30-27(19-20-29-33(30)37(47)42(35(29)45)26-17-13-24(40)14-18-26)34(28-9-5-6-10-32(28)44)39(31,38(43)48)23-7-3-2-4-8-23/h2-19,29-31,33-34,41,44H,20-21H2,1H3. The van der Waals surface area contributed by atoms with Crippen LogP contribution in [0.5, 0.6) is 5.75 Å². The zero-order chi connectivity index (χ0) is 33.3. The van der Waals surface area contributed by atoms with Gasteiger partial charge in [0.05, 0.1) is 34.5 Å². The van der Waals surface area contributed by atoms with Crippen molar-refractivity contribution in [2.75, 3.05) is 10.3 Å². The minimum absolute atomic E-state index is 0.0120. The van der Waals surface area contributed by atoms with Crippen molar-refractivity contribution < 1.29 is 24.3 Å². The normalized spacial score (nSPS) is 27.8. The molecule has 0 bridgehead atoms. The number of para-hydroxylation sites is 1. The molecule has 0 aromatic heterocycles. The first-order valence-corrected chi connectivity index (χ1v) is 16.5. The van der Waals surface area contributed by atoms with Gasteiger partial charge >= 0.3 is 0 Å². The molecule has 4 aromatic rings. The monoisotopic (exact) mass is 657 g/mol. The number of carbonyl (C=O) groups is 4. The van der Waals surface area contributed by atoms with E-state index < -0.39 is 46.8 Å². The molecule has 4 aromatic carbocycles. The molecular formula is C39H32ClN3O5. The van der Waals surface area contributed by atoms with Crippen LogP contribution in [0, 0.1) is 30.6 Å². The maximum atomic E-state index is 15.1. The zero-order valence-electron chi connectivity index (χ0n) is 26.0. The van der Waals surface area contributed by atoms with Crippen molar-refractivity contribution in [3.8, 4) is 5.75 Å². The molecule has 2 heterocycles. The number of imide groups is 2. The number of fused-ring (bicyclic) bond motifs is 4. The van der Waals surface area contributed by atoms with Crippen molar-refractivity contribution in [2.45, 2.75) is 31.1 Å². The van der Waals surface area contributed by atoms with Gasteiger partial charge in [0, 0.05) is 16.5 Å². The number of rotatable bonds is 5. The van der Waals surface area contributed by atoms with E-state index in [1.807, 2.05) is 67.6 Å². The molecule has 0 radical (unpaired) electrons. The summed E-state index contributed by atoms with van der Waals surface area (Å²) in [6, 6.07) is 30.2. The first kappa shape index (κ1) is 30.1. The fraction of sp³-hybridized carbons (Fsp3) is 0.231. The number of aryl methyl sites for hydroxylation is 1. The molecule has 6 atom stereocenters. The summed E-state index contributed by atoms with van der Waals surface area (Å²) in [5, 5.41) is 13.0. The number of nitrogens with one attached hydrogen (secondary N) is 1.